The second-order valence-electron chi connectivity index (χ2n) is 5.34. The first-order valence-electron chi connectivity index (χ1n) is 7.52. The molecule has 0 aliphatic rings. The van der Waals surface area contributed by atoms with Crippen LogP contribution in [0.4, 0.5) is 13.2 Å². The summed E-state index contributed by atoms with van der Waals surface area (Å²) in [6, 6.07) is 13.6. The topological polar surface area (TPSA) is 47.6 Å². The lowest BCUT2D eigenvalue weighted by Gasteiger charge is -2.09. The van der Waals surface area contributed by atoms with Crippen molar-refractivity contribution in [1.29, 1.82) is 0 Å². The van der Waals surface area contributed by atoms with Crippen molar-refractivity contribution in [3.05, 3.63) is 65.2 Å². The average molecular weight is 353 g/mol. The Morgan fingerprint density at radius 1 is 1.08 bits per heavy atom. The fourth-order valence-electron chi connectivity index (χ4n) is 2.09. The van der Waals surface area contributed by atoms with E-state index in [9.17, 15) is 18.0 Å². The normalized spacial score (nSPS) is 11.2. The molecule has 2 aromatic carbocycles. The highest BCUT2D eigenvalue weighted by Gasteiger charge is 2.27. The SMILES string of the molecule is COc1cccc(C(=O)NCc2ccc(COCC(F)(F)F)cc2)c1. The van der Waals surface area contributed by atoms with Gasteiger partial charge in [-0.1, -0.05) is 30.3 Å². The molecule has 0 atom stereocenters. The van der Waals surface area contributed by atoms with Crippen LogP contribution in [0.25, 0.3) is 0 Å². The van der Waals surface area contributed by atoms with Gasteiger partial charge in [0.05, 0.1) is 13.7 Å². The Morgan fingerprint density at radius 3 is 2.40 bits per heavy atom. The highest BCUT2D eigenvalue weighted by Crippen LogP contribution is 2.16. The molecule has 0 aliphatic carbocycles. The second kappa shape index (κ2) is 8.53. The quantitative estimate of drug-likeness (QED) is 0.826. The molecule has 0 spiro atoms. The number of hydrogen-bond acceptors (Lipinski definition) is 3. The first-order chi connectivity index (χ1) is 11.9. The summed E-state index contributed by atoms with van der Waals surface area (Å²) in [5.41, 5.74) is 1.94. The summed E-state index contributed by atoms with van der Waals surface area (Å²) >= 11 is 0. The molecular weight excluding hydrogens is 335 g/mol. The van der Waals surface area contributed by atoms with Crippen molar-refractivity contribution >= 4 is 5.91 Å². The minimum Gasteiger partial charge on any atom is -0.497 e. The number of carbonyl (C=O) groups excluding carboxylic acids is 1. The highest BCUT2D eigenvalue weighted by atomic mass is 19.4. The molecule has 0 saturated heterocycles. The first kappa shape index (κ1) is 18.8. The maximum absolute atomic E-state index is 12.1. The van der Waals surface area contributed by atoms with Gasteiger partial charge in [0.2, 0.25) is 0 Å². The molecule has 1 N–H and O–H groups in total. The van der Waals surface area contributed by atoms with Crippen LogP contribution in [0, 0.1) is 0 Å². The Bertz CT molecular complexity index is 699. The van der Waals surface area contributed by atoms with Crippen molar-refractivity contribution in [2.45, 2.75) is 19.3 Å². The molecule has 0 unspecified atom stereocenters. The third kappa shape index (κ3) is 6.46. The van der Waals surface area contributed by atoms with Crippen LogP contribution in [0.2, 0.25) is 0 Å². The number of alkyl halides is 3. The molecule has 2 aromatic rings. The van der Waals surface area contributed by atoms with E-state index in [1.807, 2.05) is 0 Å². The van der Waals surface area contributed by atoms with Crippen LogP contribution in [0.1, 0.15) is 21.5 Å². The number of carbonyl (C=O) groups is 1. The lowest BCUT2D eigenvalue weighted by molar-refractivity contribution is -0.176. The zero-order chi connectivity index (χ0) is 18.3. The summed E-state index contributed by atoms with van der Waals surface area (Å²) < 4.78 is 45.7. The summed E-state index contributed by atoms with van der Waals surface area (Å²) in [7, 11) is 1.52. The number of amides is 1. The minimum absolute atomic E-state index is 0.115. The van der Waals surface area contributed by atoms with Gasteiger partial charge in [-0.25, -0.2) is 0 Å². The van der Waals surface area contributed by atoms with Crippen LogP contribution in [-0.4, -0.2) is 25.8 Å². The van der Waals surface area contributed by atoms with Crippen LogP contribution in [0.3, 0.4) is 0 Å². The molecule has 2 rings (SSSR count). The smallest absolute Gasteiger partial charge is 0.411 e. The van der Waals surface area contributed by atoms with Crippen LogP contribution in [0.15, 0.2) is 48.5 Å². The van der Waals surface area contributed by atoms with Gasteiger partial charge in [-0.05, 0) is 29.3 Å². The van der Waals surface area contributed by atoms with Gasteiger partial charge in [-0.2, -0.15) is 13.2 Å². The number of ether oxygens (including phenoxy) is 2. The Kier molecular flexibility index (Phi) is 6.41. The van der Waals surface area contributed by atoms with Gasteiger partial charge in [-0.15, -0.1) is 0 Å². The summed E-state index contributed by atoms with van der Waals surface area (Å²) in [4.78, 5) is 12.1. The van der Waals surface area contributed by atoms with E-state index in [2.05, 4.69) is 10.1 Å². The second-order valence-corrected chi connectivity index (χ2v) is 5.34. The molecule has 0 radical (unpaired) electrons. The molecule has 25 heavy (non-hydrogen) atoms. The largest absolute Gasteiger partial charge is 0.497 e. The fourth-order valence-corrected chi connectivity index (χ4v) is 2.09. The monoisotopic (exact) mass is 353 g/mol. The predicted molar refractivity (Wildman–Crippen MR) is 86.3 cm³/mol. The number of rotatable bonds is 7. The number of benzene rings is 2. The third-order valence-corrected chi connectivity index (χ3v) is 3.34. The fraction of sp³-hybridized carbons (Fsp3) is 0.278. The Balaban J connectivity index is 1.83. The summed E-state index contributed by atoms with van der Waals surface area (Å²) in [6.07, 6.45) is -4.33. The van der Waals surface area contributed by atoms with E-state index in [0.717, 1.165) is 5.56 Å². The van der Waals surface area contributed by atoms with Crippen molar-refractivity contribution < 1.29 is 27.4 Å². The number of hydrogen-bond donors (Lipinski definition) is 1. The van der Waals surface area contributed by atoms with Crippen molar-refractivity contribution in [3.8, 4) is 5.75 Å². The molecule has 1 amide bonds. The summed E-state index contributed by atoms with van der Waals surface area (Å²) in [5, 5.41) is 2.77. The molecule has 4 nitrogen and oxygen atoms in total. The van der Waals surface area contributed by atoms with E-state index < -0.39 is 12.8 Å². The zero-order valence-corrected chi connectivity index (χ0v) is 13.6. The van der Waals surface area contributed by atoms with Gasteiger partial charge >= 0.3 is 6.18 Å². The van der Waals surface area contributed by atoms with Gasteiger partial charge in [0.25, 0.3) is 5.91 Å². The Labute approximate surface area is 143 Å². The zero-order valence-electron chi connectivity index (χ0n) is 13.6. The van der Waals surface area contributed by atoms with E-state index in [0.29, 0.717) is 23.4 Å². The molecule has 0 aromatic heterocycles. The molecule has 0 fully saturated rings. The summed E-state index contributed by atoms with van der Waals surface area (Å²) in [5.74, 6) is 0.354. The van der Waals surface area contributed by atoms with Crippen molar-refractivity contribution in [1.82, 2.24) is 5.32 Å². The average Bonchev–Trinajstić information content (AvgIpc) is 2.59. The van der Waals surface area contributed by atoms with Crippen molar-refractivity contribution in [2.75, 3.05) is 13.7 Å². The van der Waals surface area contributed by atoms with Gasteiger partial charge in [0.1, 0.15) is 12.4 Å². The predicted octanol–water partition coefficient (Wildman–Crippen LogP) is 3.70. The van der Waals surface area contributed by atoms with Crippen LogP contribution >= 0.6 is 0 Å². The number of methoxy groups -OCH3 is 1. The van der Waals surface area contributed by atoms with Gasteiger partial charge in [0, 0.05) is 12.1 Å². The number of halogens is 3. The molecule has 0 aliphatic heterocycles. The molecular formula is C18H18F3NO3. The van der Waals surface area contributed by atoms with E-state index in [1.54, 1.807) is 48.5 Å². The standard InChI is InChI=1S/C18H18F3NO3/c1-24-16-4-2-3-15(9-16)17(23)22-10-13-5-7-14(8-6-13)11-25-12-18(19,20)21/h2-9H,10-12H2,1H3,(H,22,23). The lowest BCUT2D eigenvalue weighted by Crippen LogP contribution is -2.22. The molecule has 0 heterocycles. The van der Waals surface area contributed by atoms with Crippen molar-refractivity contribution in [2.24, 2.45) is 0 Å². The lowest BCUT2D eigenvalue weighted by atomic mass is 10.1. The molecule has 7 heteroatoms. The Morgan fingerprint density at radius 2 is 1.76 bits per heavy atom. The van der Waals surface area contributed by atoms with Crippen molar-refractivity contribution in [3.63, 3.8) is 0 Å². The number of nitrogens with one attached hydrogen (secondary N) is 1. The van der Waals surface area contributed by atoms with E-state index in [1.165, 1.54) is 7.11 Å². The molecule has 0 bridgehead atoms. The maximum atomic E-state index is 12.1. The molecule has 134 valence electrons. The van der Waals surface area contributed by atoms with Gasteiger partial charge in [-0.3, -0.25) is 4.79 Å². The van der Waals surface area contributed by atoms with E-state index in [4.69, 9.17) is 4.74 Å². The minimum atomic E-state index is -4.33. The van der Waals surface area contributed by atoms with E-state index in [-0.39, 0.29) is 12.5 Å². The highest BCUT2D eigenvalue weighted by molar-refractivity contribution is 5.94. The van der Waals surface area contributed by atoms with E-state index >= 15 is 0 Å². The summed E-state index contributed by atoms with van der Waals surface area (Å²) in [6.45, 7) is -1.08. The first-order valence-corrected chi connectivity index (χ1v) is 7.52. The Hall–Kier alpha value is -2.54. The molecule has 0 saturated carbocycles. The van der Waals surface area contributed by atoms with Crippen LogP contribution in [0.5, 0.6) is 5.75 Å². The van der Waals surface area contributed by atoms with Gasteiger partial charge in [0.15, 0.2) is 0 Å². The van der Waals surface area contributed by atoms with Crippen LogP contribution in [-0.2, 0) is 17.9 Å². The maximum Gasteiger partial charge on any atom is 0.411 e. The van der Waals surface area contributed by atoms with Gasteiger partial charge < -0.3 is 14.8 Å². The third-order valence-electron chi connectivity index (χ3n) is 3.34. The van der Waals surface area contributed by atoms with Crippen LogP contribution < -0.4 is 10.1 Å².